The molecular formula is C17H25IN2O4S. The Morgan fingerprint density at radius 1 is 1.44 bits per heavy atom. The molecule has 1 aliphatic heterocycles. The zero-order chi connectivity index (χ0) is 18.6. The van der Waals surface area contributed by atoms with Gasteiger partial charge in [0.1, 0.15) is 0 Å². The molecule has 1 saturated heterocycles. The second-order valence-corrected chi connectivity index (χ2v) is 9.69. The highest BCUT2D eigenvalue weighted by molar-refractivity contribution is 14.1. The van der Waals surface area contributed by atoms with Gasteiger partial charge in [-0.05, 0) is 73.4 Å². The minimum absolute atomic E-state index is 0.214. The van der Waals surface area contributed by atoms with Crippen LogP contribution in [0.1, 0.15) is 32.3 Å². The first kappa shape index (κ1) is 20.4. The third-order valence-electron chi connectivity index (χ3n) is 4.05. The zero-order valence-electron chi connectivity index (χ0n) is 14.7. The van der Waals surface area contributed by atoms with Crippen LogP contribution >= 0.6 is 22.6 Å². The molecule has 0 aliphatic carbocycles. The SMILES string of the molecule is CC(C)OC(=O)N1CCC[C@H](NS(C)(=O)=O)[C@@H]1Cc1cccc(I)c1. The number of carbonyl (C=O) groups is 1. The number of hydrogen-bond donors (Lipinski definition) is 1. The number of likely N-dealkylation sites (tertiary alicyclic amines) is 1. The minimum Gasteiger partial charge on any atom is -0.447 e. The van der Waals surface area contributed by atoms with Crippen molar-refractivity contribution in [2.24, 2.45) is 0 Å². The molecular weight excluding hydrogens is 455 g/mol. The molecule has 0 saturated carbocycles. The van der Waals surface area contributed by atoms with Crippen molar-refractivity contribution in [1.29, 1.82) is 0 Å². The third kappa shape index (κ3) is 6.41. The molecule has 1 fully saturated rings. The highest BCUT2D eigenvalue weighted by Gasteiger charge is 2.36. The molecule has 0 bridgehead atoms. The Bertz CT molecular complexity index is 708. The van der Waals surface area contributed by atoms with Crippen molar-refractivity contribution in [3.8, 4) is 0 Å². The number of piperidine rings is 1. The molecule has 2 rings (SSSR count). The summed E-state index contributed by atoms with van der Waals surface area (Å²) < 4.78 is 32.7. The second kappa shape index (κ2) is 8.68. The van der Waals surface area contributed by atoms with Crippen LogP contribution in [-0.4, -0.2) is 50.4 Å². The average molecular weight is 480 g/mol. The van der Waals surface area contributed by atoms with Gasteiger partial charge in [-0.1, -0.05) is 12.1 Å². The summed E-state index contributed by atoms with van der Waals surface area (Å²) in [5.74, 6) is 0. The van der Waals surface area contributed by atoms with Crippen LogP contribution in [0.4, 0.5) is 4.79 Å². The van der Waals surface area contributed by atoms with E-state index in [0.29, 0.717) is 19.4 Å². The van der Waals surface area contributed by atoms with Crippen LogP contribution in [0.25, 0.3) is 0 Å². The van der Waals surface area contributed by atoms with Crippen LogP contribution in [0.5, 0.6) is 0 Å². The lowest BCUT2D eigenvalue weighted by molar-refractivity contribution is 0.0461. The number of carbonyl (C=O) groups excluding carboxylic acids is 1. The van der Waals surface area contributed by atoms with Gasteiger partial charge in [0.2, 0.25) is 10.0 Å². The lowest BCUT2D eigenvalue weighted by Gasteiger charge is -2.41. The van der Waals surface area contributed by atoms with E-state index in [1.807, 2.05) is 32.0 Å². The summed E-state index contributed by atoms with van der Waals surface area (Å²) in [6.45, 7) is 4.19. The Morgan fingerprint density at radius 2 is 2.16 bits per heavy atom. The number of ether oxygens (including phenoxy) is 1. The fraction of sp³-hybridized carbons (Fsp3) is 0.588. The van der Waals surface area contributed by atoms with E-state index in [2.05, 4.69) is 33.4 Å². The van der Waals surface area contributed by atoms with Gasteiger partial charge in [-0.15, -0.1) is 0 Å². The Morgan fingerprint density at radius 3 is 2.76 bits per heavy atom. The molecule has 1 heterocycles. The molecule has 1 N–H and O–H groups in total. The predicted octanol–water partition coefficient (Wildman–Crippen LogP) is 2.76. The number of nitrogens with zero attached hydrogens (tertiary/aromatic N) is 1. The highest BCUT2D eigenvalue weighted by Crippen LogP contribution is 2.24. The first-order valence-electron chi connectivity index (χ1n) is 8.34. The molecule has 140 valence electrons. The van der Waals surface area contributed by atoms with E-state index in [1.54, 1.807) is 4.90 Å². The van der Waals surface area contributed by atoms with Crippen molar-refractivity contribution >= 4 is 38.7 Å². The number of halogens is 1. The lowest BCUT2D eigenvalue weighted by atomic mass is 9.92. The Kier molecular flexibility index (Phi) is 7.10. The summed E-state index contributed by atoms with van der Waals surface area (Å²) in [5, 5.41) is 0. The molecule has 1 aromatic rings. The Labute approximate surface area is 163 Å². The van der Waals surface area contributed by atoms with E-state index in [0.717, 1.165) is 21.8 Å². The normalized spacial score (nSPS) is 21.4. The van der Waals surface area contributed by atoms with Crippen LogP contribution in [-0.2, 0) is 21.2 Å². The molecule has 1 amide bonds. The maximum Gasteiger partial charge on any atom is 0.410 e. The van der Waals surface area contributed by atoms with E-state index in [4.69, 9.17) is 4.74 Å². The maximum atomic E-state index is 12.5. The summed E-state index contributed by atoms with van der Waals surface area (Å²) in [6, 6.07) is 7.44. The topological polar surface area (TPSA) is 75.7 Å². The number of benzene rings is 1. The van der Waals surface area contributed by atoms with E-state index in [-0.39, 0.29) is 24.3 Å². The fourth-order valence-electron chi connectivity index (χ4n) is 3.12. The minimum atomic E-state index is -3.36. The number of sulfonamides is 1. The fourth-order valence-corrected chi connectivity index (χ4v) is 4.56. The van der Waals surface area contributed by atoms with Gasteiger partial charge in [0.05, 0.1) is 18.4 Å². The molecule has 0 radical (unpaired) electrons. The summed E-state index contributed by atoms with van der Waals surface area (Å²) in [4.78, 5) is 14.2. The highest BCUT2D eigenvalue weighted by atomic mass is 127. The summed E-state index contributed by atoms with van der Waals surface area (Å²) in [6.07, 6.45) is 2.58. The summed E-state index contributed by atoms with van der Waals surface area (Å²) in [7, 11) is -3.36. The molecule has 8 heteroatoms. The van der Waals surface area contributed by atoms with Gasteiger partial charge in [-0.2, -0.15) is 0 Å². The molecule has 0 spiro atoms. The predicted molar refractivity (Wildman–Crippen MR) is 106 cm³/mol. The van der Waals surface area contributed by atoms with Gasteiger partial charge in [0.25, 0.3) is 0 Å². The first-order valence-corrected chi connectivity index (χ1v) is 11.3. The molecule has 0 unspecified atom stereocenters. The van der Waals surface area contributed by atoms with Gasteiger partial charge in [0, 0.05) is 16.2 Å². The van der Waals surface area contributed by atoms with E-state index in [1.165, 1.54) is 0 Å². The van der Waals surface area contributed by atoms with Gasteiger partial charge >= 0.3 is 6.09 Å². The van der Waals surface area contributed by atoms with Gasteiger partial charge in [-0.3, -0.25) is 0 Å². The molecule has 25 heavy (non-hydrogen) atoms. The molecule has 0 aromatic heterocycles. The van der Waals surface area contributed by atoms with Crippen molar-refractivity contribution in [2.75, 3.05) is 12.8 Å². The van der Waals surface area contributed by atoms with Gasteiger partial charge in [0.15, 0.2) is 0 Å². The van der Waals surface area contributed by atoms with Crippen molar-refractivity contribution in [3.63, 3.8) is 0 Å². The van der Waals surface area contributed by atoms with E-state index >= 15 is 0 Å². The first-order chi connectivity index (χ1) is 11.7. The smallest absolute Gasteiger partial charge is 0.410 e. The number of hydrogen-bond acceptors (Lipinski definition) is 4. The van der Waals surface area contributed by atoms with E-state index in [9.17, 15) is 13.2 Å². The van der Waals surface area contributed by atoms with Crippen LogP contribution in [0, 0.1) is 3.57 Å². The second-order valence-electron chi connectivity index (χ2n) is 6.67. The quantitative estimate of drug-likeness (QED) is 0.658. The Hall–Kier alpha value is -0.870. The number of amides is 1. The molecule has 1 aliphatic rings. The zero-order valence-corrected chi connectivity index (χ0v) is 17.7. The standard InChI is InChI=1S/C17H25IN2O4S/c1-12(2)24-17(21)20-9-5-8-15(19-25(3,22)23)16(20)11-13-6-4-7-14(18)10-13/h4,6-7,10,12,15-16,19H,5,8-9,11H2,1-3H3/t15-,16-/m0/s1. The average Bonchev–Trinajstić information content (AvgIpc) is 2.46. The van der Waals surface area contributed by atoms with Crippen LogP contribution in [0.3, 0.4) is 0 Å². The summed E-state index contributed by atoms with van der Waals surface area (Å²) >= 11 is 2.24. The van der Waals surface area contributed by atoms with Crippen molar-refractivity contribution in [1.82, 2.24) is 9.62 Å². The number of rotatable bonds is 5. The number of nitrogens with one attached hydrogen (secondary N) is 1. The largest absolute Gasteiger partial charge is 0.447 e. The molecule has 1 aromatic carbocycles. The molecule has 6 nitrogen and oxygen atoms in total. The van der Waals surface area contributed by atoms with Crippen molar-refractivity contribution < 1.29 is 17.9 Å². The lowest BCUT2D eigenvalue weighted by Crippen LogP contribution is -2.58. The third-order valence-corrected chi connectivity index (χ3v) is 5.45. The summed E-state index contributed by atoms with van der Waals surface area (Å²) in [5.41, 5.74) is 1.07. The monoisotopic (exact) mass is 480 g/mol. The van der Waals surface area contributed by atoms with Crippen LogP contribution < -0.4 is 4.72 Å². The van der Waals surface area contributed by atoms with Gasteiger partial charge < -0.3 is 9.64 Å². The van der Waals surface area contributed by atoms with Crippen molar-refractivity contribution in [3.05, 3.63) is 33.4 Å². The van der Waals surface area contributed by atoms with E-state index < -0.39 is 10.0 Å². The maximum absolute atomic E-state index is 12.5. The van der Waals surface area contributed by atoms with Crippen LogP contribution in [0.2, 0.25) is 0 Å². The van der Waals surface area contributed by atoms with Crippen molar-refractivity contribution in [2.45, 2.75) is 51.3 Å². The Balaban J connectivity index is 2.28. The molecule has 2 atom stereocenters. The van der Waals surface area contributed by atoms with Gasteiger partial charge in [-0.25, -0.2) is 17.9 Å². The van der Waals surface area contributed by atoms with Crippen LogP contribution in [0.15, 0.2) is 24.3 Å².